The molecule has 2 fully saturated rings. The molecule has 2 aromatic carbocycles. The van der Waals surface area contributed by atoms with Crippen LogP contribution in [-0.4, -0.2) is 22.7 Å². The fourth-order valence-corrected chi connectivity index (χ4v) is 4.19. The van der Waals surface area contributed by atoms with Crippen molar-refractivity contribution in [1.82, 2.24) is 15.5 Å². The van der Waals surface area contributed by atoms with E-state index in [-0.39, 0.29) is 11.3 Å². The molecule has 2 saturated carbocycles. The van der Waals surface area contributed by atoms with E-state index in [1.165, 1.54) is 5.56 Å². The quantitative estimate of drug-likeness (QED) is 0.652. The Hall–Kier alpha value is -2.67. The fraction of sp³-hybridized carbons (Fsp3) is 0.364. The van der Waals surface area contributed by atoms with Gasteiger partial charge in [-0.05, 0) is 24.8 Å². The van der Waals surface area contributed by atoms with Gasteiger partial charge in [-0.3, -0.25) is 0 Å². The molecular weight excluding hydrogens is 379 g/mol. The van der Waals surface area contributed by atoms with Crippen LogP contribution in [-0.2, 0) is 5.41 Å². The van der Waals surface area contributed by atoms with Crippen LogP contribution in [0.5, 0.6) is 0 Å². The van der Waals surface area contributed by atoms with Gasteiger partial charge in [0.2, 0.25) is 0 Å². The molecule has 2 aliphatic rings. The Morgan fingerprint density at radius 3 is 2.45 bits per heavy atom. The van der Waals surface area contributed by atoms with Crippen LogP contribution in [0.25, 0.3) is 11.5 Å². The molecule has 7 heteroatoms. The number of nitrogens with one attached hydrogen (secondary N) is 1. The zero-order chi connectivity index (χ0) is 20.0. The van der Waals surface area contributed by atoms with Crippen molar-refractivity contribution in [1.29, 1.82) is 0 Å². The first-order valence-corrected chi connectivity index (χ1v) is 9.83. The van der Waals surface area contributed by atoms with Crippen molar-refractivity contribution in [3.8, 4) is 11.5 Å². The molecule has 0 unspecified atom stereocenters. The van der Waals surface area contributed by atoms with E-state index in [2.05, 4.69) is 27.6 Å². The second kappa shape index (κ2) is 6.99. The number of hydrogen-bond donors (Lipinski definition) is 1. The van der Waals surface area contributed by atoms with Gasteiger partial charge in [-0.15, -0.1) is 0 Å². The third-order valence-electron chi connectivity index (χ3n) is 6.15. The van der Waals surface area contributed by atoms with Crippen LogP contribution in [0, 0.1) is 17.5 Å². The normalized spacial score (nSPS) is 22.3. The molecule has 150 valence electrons. The first-order valence-electron chi connectivity index (χ1n) is 9.83. The molecule has 29 heavy (non-hydrogen) atoms. The maximum atomic E-state index is 14.0. The lowest BCUT2D eigenvalue weighted by molar-refractivity contribution is 0.211. The van der Waals surface area contributed by atoms with Crippen molar-refractivity contribution in [3.05, 3.63) is 71.3 Å². The molecule has 4 nitrogen and oxygen atoms in total. The summed E-state index contributed by atoms with van der Waals surface area (Å²) in [5.41, 5.74) is 0.550. The number of aromatic nitrogens is 2. The maximum absolute atomic E-state index is 14.0. The molecule has 0 amide bonds. The second-order valence-corrected chi connectivity index (χ2v) is 8.04. The van der Waals surface area contributed by atoms with E-state index in [0.29, 0.717) is 36.5 Å². The topological polar surface area (TPSA) is 51.0 Å². The molecule has 1 N–H and O–H groups in total. The summed E-state index contributed by atoms with van der Waals surface area (Å²) in [7, 11) is 0. The van der Waals surface area contributed by atoms with E-state index in [4.69, 9.17) is 4.52 Å². The molecule has 0 bridgehead atoms. The van der Waals surface area contributed by atoms with E-state index in [1.807, 2.05) is 18.2 Å². The Morgan fingerprint density at radius 1 is 1.07 bits per heavy atom. The van der Waals surface area contributed by atoms with Gasteiger partial charge < -0.3 is 9.84 Å². The number of rotatable bonds is 6. The lowest BCUT2D eigenvalue weighted by Gasteiger charge is -2.39. The molecule has 0 saturated heterocycles. The van der Waals surface area contributed by atoms with Crippen LogP contribution < -0.4 is 5.32 Å². The monoisotopic (exact) mass is 399 g/mol. The minimum Gasteiger partial charge on any atom is -0.334 e. The largest absolute Gasteiger partial charge is 0.334 e. The van der Waals surface area contributed by atoms with E-state index in [9.17, 15) is 13.2 Å². The Balaban J connectivity index is 1.31. The molecule has 5 rings (SSSR count). The Labute approximate surface area is 166 Å². The first-order chi connectivity index (χ1) is 14.1. The molecule has 0 radical (unpaired) electrons. The van der Waals surface area contributed by atoms with Gasteiger partial charge in [0.15, 0.2) is 5.82 Å². The maximum Gasteiger partial charge on any atom is 0.263 e. The summed E-state index contributed by atoms with van der Waals surface area (Å²) in [4.78, 5) is 4.28. The smallest absolute Gasteiger partial charge is 0.263 e. The highest BCUT2D eigenvalue weighted by Gasteiger charge is 2.46. The highest BCUT2D eigenvalue weighted by Crippen LogP contribution is 2.45. The summed E-state index contributed by atoms with van der Waals surface area (Å²) in [5, 5.41) is 7.62. The molecular formula is C22H20F3N3O. The molecule has 2 atom stereocenters. The van der Waals surface area contributed by atoms with Gasteiger partial charge >= 0.3 is 0 Å². The SMILES string of the molecule is Fc1cc(F)c(-c2nc(C3(CN[C@H]4C[C@@H]4c4ccccc4)CCC3)no2)c(F)c1. The van der Waals surface area contributed by atoms with Gasteiger partial charge in [-0.2, -0.15) is 4.98 Å². The summed E-state index contributed by atoms with van der Waals surface area (Å²) in [5.74, 6) is -2.39. The lowest BCUT2D eigenvalue weighted by Crippen LogP contribution is -2.45. The predicted octanol–water partition coefficient (Wildman–Crippen LogP) is 4.72. The van der Waals surface area contributed by atoms with Crippen molar-refractivity contribution >= 4 is 0 Å². The van der Waals surface area contributed by atoms with Gasteiger partial charge in [0.05, 0.1) is 0 Å². The van der Waals surface area contributed by atoms with Crippen molar-refractivity contribution in [3.63, 3.8) is 0 Å². The van der Waals surface area contributed by atoms with Crippen LogP contribution in [0.2, 0.25) is 0 Å². The van der Waals surface area contributed by atoms with E-state index >= 15 is 0 Å². The van der Waals surface area contributed by atoms with E-state index in [0.717, 1.165) is 25.7 Å². The summed E-state index contributed by atoms with van der Waals surface area (Å²) < 4.78 is 46.4. The minimum absolute atomic E-state index is 0.255. The molecule has 1 aromatic heterocycles. The number of halogens is 3. The van der Waals surface area contributed by atoms with Gasteiger partial charge in [-0.25, -0.2) is 13.2 Å². The van der Waals surface area contributed by atoms with Gasteiger partial charge in [0.25, 0.3) is 5.89 Å². The van der Waals surface area contributed by atoms with Gasteiger partial charge in [0, 0.05) is 36.1 Å². The molecule has 2 aliphatic carbocycles. The second-order valence-electron chi connectivity index (χ2n) is 8.04. The molecule has 1 heterocycles. The predicted molar refractivity (Wildman–Crippen MR) is 101 cm³/mol. The minimum atomic E-state index is -1.05. The summed E-state index contributed by atoms with van der Waals surface area (Å²) in [6.45, 7) is 0.689. The van der Waals surface area contributed by atoms with Crippen LogP contribution in [0.4, 0.5) is 13.2 Å². The molecule has 0 aliphatic heterocycles. The summed E-state index contributed by atoms with van der Waals surface area (Å²) >= 11 is 0. The Kier molecular flexibility index (Phi) is 4.42. The lowest BCUT2D eigenvalue weighted by atomic mass is 9.68. The fourth-order valence-electron chi connectivity index (χ4n) is 4.19. The van der Waals surface area contributed by atoms with Crippen molar-refractivity contribution in [2.24, 2.45) is 0 Å². The van der Waals surface area contributed by atoms with Gasteiger partial charge in [0.1, 0.15) is 23.0 Å². The zero-order valence-electron chi connectivity index (χ0n) is 15.7. The summed E-state index contributed by atoms with van der Waals surface area (Å²) in [6, 6.07) is 12.0. The summed E-state index contributed by atoms with van der Waals surface area (Å²) in [6.07, 6.45) is 3.90. The van der Waals surface area contributed by atoms with E-state index in [1.54, 1.807) is 0 Å². The van der Waals surface area contributed by atoms with E-state index < -0.39 is 23.0 Å². The van der Waals surface area contributed by atoms with Gasteiger partial charge in [-0.1, -0.05) is 41.9 Å². The molecule has 0 spiro atoms. The van der Waals surface area contributed by atoms with Crippen LogP contribution in [0.1, 0.15) is 43.0 Å². The van der Waals surface area contributed by atoms with Crippen molar-refractivity contribution < 1.29 is 17.7 Å². The first kappa shape index (κ1) is 18.4. The third-order valence-corrected chi connectivity index (χ3v) is 6.15. The van der Waals surface area contributed by atoms with Crippen LogP contribution >= 0.6 is 0 Å². The standard InChI is InChI=1S/C22H20F3N3O/c23-14-9-16(24)19(17(25)10-14)20-27-21(28-29-20)22(7-4-8-22)12-26-18-11-15(18)13-5-2-1-3-6-13/h1-3,5-6,9-10,15,18,26H,4,7-8,11-12H2/t15-,18+/m1/s1. The van der Waals surface area contributed by atoms with Crippen molar-refractivity contribution in [2.45, 2.75) is 43.1 Å². The zero-order valence-corrected chi connectivity index (χ0v) is 15.7. The highest BCUT2D eigenvalue weighted by molar-refractivity contribution is 5.55. The van der Waals surface area contributed by atoms with Crippen molar-refractivity contribution in [2.75, 3.05) is 6.54 Å². The third kappa shape index (κ3) is 3.33. The van der Waals surface area contributed by atoms with Crippen LogP contribution in [0.3, 0.4) is 0 Å². The number of hydrogen-bond acceptors (Lipinski definition) is 4. The average molecular weight is 399 g/mol. The molecule has 3 aromatic rings. The van der Waals surface area contributed by atoms with Crippen LogP contribution in [0.15, 0.2) is 47.0 Å². The Morgan fingerprint density at radius 2 is 1.79 bits per heavy atom. The highest BCUT2D eigenvalue weighted by atomic mass is 19.1. The number of nitrogens with zero attached hydrogens (tertiary/aromatic N) is 2. The average Bonchev–Trinajstić information content (AvgIpc) is 3.29. The number of benzene rings is 2. The Bertz CT molecular complexity index is 1010.